The van der Waals surface area contributed by atoms with E-state index in [1.165, 1.54) is 5.56 Å². The Kier molecular flexibility index (Phi) is 4.76. The smallest absolute Gasteiger partial charge is 0.231 e. The molecule has 2 aliphatic rings. The number of nitrogens with zero attached hydrogens (tertiary/aromatic N) is 3. The fraction of sp³-hybridized carbons (Fsp3) is 0.500. The highest BCUT2D eigenvalue weighted by Crippen LogP contribution is 2.32. The zero-order chi connectivity index (χ0) is 17.1. The first-order valence-electron chi connectivity index (χ1n) is 8.70. The molecule has 4 heterocycles. The topological polar surface area (TPSA) is 80.5 Å². The average molecular weight is 342 g/mol. The number of fused-ring (bicyclic) bond motifs is 1. The molecule has 25 heavy (non-hydrogen) atoms. The van der Waals surface area contributed by atoms with E-state index < -0.39 is 0 Å². The van der Waals surface area contributed by atoms with Crippen LogP contribution in [0.1, 0.15) is 18.4 Å². The van der Waals surface area contributed by atoms with Crippen LogP contribution in [0.2, 0.25) is 0 Å². The van der Waals surface area contributed by atoms with Crippen LogP contribution < -0.4 is 5.32 Å². The van der Waals surface area contributed by atoms with Crippen molar-refractivity contribution in [3.8, 4) is 0 Å². The fourth-order valence-corrected chi connectivity index (χ4v) is 3.76. The number of nitrogens with one attached hydrogen (secondary N) is 1. The summed E-state index contributed by atoms with van der Waals surface area (Å²) < 4.78 is 11.1. The van der Waals surface area contributed by atoms with Gasteiger partial charge in [-0.05, 0) is 24.8 Å². The highest BCUT2D eigenvalue weighted by atomic mass is 16.5. The van der Waals surface area contributed by atoms with E-state index in [9.17, 15) is 4.79 Å². The van der Waals surface area contributed by atoms with Gasteiger partial charge in [0.25, 0.3) is 0 Å². The molecule has 1 N–H and O–H groups in total. The minimum Gasteiger partial charge on any atom is -0.472 e. The number of furan rings is 1. The minimum atomic E-state index is -0.142. The van der Waals surface area contributed by atoms with Crippen LogP contribution >= 0.6 is 0 Å². The standard InChI is InChI=1S/C18H22N4O3/c23-18(21-17-8-19-3-4-20-17)15-7-14-10-22(5-1-16(14)25-12-15)9-13-2-6-24-11-13/h2-4,6,8,11,14-16H,1,5,7,9-10,12H2,(H,20,21,23)/t14-,15-,16+/m0/s1. The molecule has 4 rings (SSSR count). The van der Waals surface area contributed by atoms with Gasteiger partial charge in [0.1, 0.15) is 0 Å². The molecule has 2 saturated heterocycles. The van der Waals surface area contributed by atoms with E-state index in [4.69, 9.17) is 9.15 Å². The molecule has 2 aromatic rings. The summed E-state index contributed by atoms with van der Waals surface area (Å²) in [5, 5.41) is 2.84. The van der Waals surface area contributed by atoms with Gasteiger partial charge in [-0.2, -0.15) is 0 Å². The molecule has 0 spiro atoms. The lowest BCUT2D eigenvalue weighted by Crippen LogP contribution is -2.49. The van der Waals surface area contributed by atoms with Crippen molar-refractivity contribution in [2.75, 3.05) is 25.0 Å². The van der Waals surface area contributed by atoms with Gasteiger partial charge in [-0.3, -0.25) is 14.7 Å². The third kappa shape index (κ3) is 3.88. The number of carbonyl (C=O) groups is 1. The molecule has 0 radical (unpaired) electrons. The molecule has 2 fully saturated rings. The molecule has 0 aromatic carbocycles. The Balaban J connectivity index is 1.34. The number of aromatic nitrogens is 2. The van der Waals surface area contributed by atoms with Gasteiger partial charge < -0.3 is 14.5 Å². The molecular formula is C18H22N4O3. The van der Waals surface area contributed by atoms with E-state index in [0.717, 1.165) is 32.5 Å². The first-order chi connectivity index (χ1) is 12.3. The zero-order valence-electron chi connectivity index (χ0n) is 14.0. The van der Waals surface area contributed by atoms with Crippen LogP contribution in [0.5, 0.6) is 0 Å². The Morgan fingerprint density at radius 3 is 3.16 bits per heavy atom. The molecule has 132 valence electrons. The maximum absolute atomic E-state index is 12.5. The van der Waals surface area contributed by atoms with Crippen molar-refractivity contribution in [1.82, 2.24) is 14.9 Å². The summed E-state index contributed by atoms with van der Waals surface area (Å²) in [7, 11) is 0. The molecule has 0 bridgehead atoms. The lowest BCUT2D eigenvalue weighted by Gasteiger charge is -2.43. The van der Waals surface area contributed by atoms with E-state index in [2.05, 4.69) is 20.2 Å². The van der Waals surface area contributed by atoms with Crippen molar-refractivity contribution >= 4 is 11.7 Å². The van der Waals surface area contributed by atoms with E-state index >= 15 is 0 Å². The molecule has 3 atom stereocenters. The van der Waals surface area contributed by atoms with Crippen LogP contribution in [-0.4, -0.2) is 46.6 Å². The predicted octanol–water partition coefficient (Wildman–Crippen LogP) is 1.94. The Morgan fingerprint density at radius 2 is 2.36 bits per heavy atom. The van der Waals surface area contributed by atoms with Crippen LogP contribution in [0.3, 0.4) is 0 Å². The SMILES string of the molecule is O=C(Nc1cnccn1)[C@@H]1CO[C@@H]2CCN(Cc3ccoc3)C[C@@H]2C1. The molecule has 0 aliphatic carbocycles. The van der Waals surface area contributed by atoms with E-state index in [1.54, 1.807) is 31.1 Å². The van der Waals surface area contributed by atoms with Crippen LogP contribution in [-0.2, 0) is 16.1 Å². The molecule has 2 aromatic heterocycles. The summed E-state index contributed by atoms with van der Waals surface area (Å²) in [5.74, 6) is 0.690. The predicted molar refractivity (Wildman–Crippen MR) is 90.6 cm³/mol. The molecule has 0 unspecified atom stereocenters. The van der Waals surface area contributed by atoms with Gasteiger partial charge in [-0.1, -0.05) is 0 Å². The van der Waals surface area contributed by atoms with Gasteiger partial charge in [0.15, 0.2) is 5.82 Å². The Bertz CT molecular complexity index is 692. The molecule has 7 nitrogen and oxygen atoms in total. The van der Waals surface area contributed by atoms with Crippen molar-refractivity contribution in [3.05, 3.63) is 42.7 Å². The van der Waals surface area contributed by atoms with Crippen molar-refractivity contribution in [2.45, 2.75) is 25.5 Å². The van der Waals surface area contributed by atoms with Crippen molar-refractivity contribution < 1.29 is 13.9 Å². The summed E-state index contributed by atoms with van der Waals surface area (Å²) in [6.45, 7) is 3.33. The van der Waals surface area contributed by atoms with Gasteiger partial charge >= 0.3 is 0 Å². The Hall–Kier alpha value is -2.25. The van der Waals surface area contributed by atoms with Crippen LogP contribution in [0, 0.1) is 11.8 Å². The normalized spacial score (nSPS) is 26.8. The Morgan fingerprint density at radius 1 is 1.40 bits per heavy atom. The van der Waals surface area contributed by atoms with Gasteiger partial charge in [0, 0.05) is 37.6 Å². The molecule has 1 amide bonds. The molecule has 7 heteroatoms. The molecule has 2 aliphatic heterocycles. The summed E-state index contributed by atoms with van der Waals surface area (Å²) in [6, 6.07) is 2.00. The van der Waals surface area contributed by atoms with E-state index in [-0.39, 0.29) is 17.9 Å². The lowest BCUT2D eigenvalue weighted by atomic mass is 9.83. The number of hydrogen-bond donors (Lipinski definition) is 1. The number of amides is 1. The summed E-state index contributed by atoms with van der Waals surface area (Å²) in [4.78, 5) is 23.0. The number of carbonyl (C=O) groups excluding carboxylic acids is 1. The summed E-state index contributed by atoms with van der Waals surface area (Å²) in [5.41, 5.74) is 1.19. The average Bonchev–Trinajstić information content (AvgIpc) is 3.15. The van der Waals surface area contributed by atoms with Crippen molar-refractivity contribution in [2.24, 2.45) is 11.8 Å². The van der Waals surface area contributed by atoms with Gasteiger partial charge in [0.2, 0.25) is 5.91 Å². The molecule has 0 saturated carbocycles. The van der Waals surface area contributed by atoms with Crippen LogP contribution in [0.25, 0.3) is 0 Å². The van der Waals surface area contributed by atoms with E-state index in [1.807, 2.05) is 6.07 Å². The monoisotopic (exact) mass is 342 g/mol. The number of rotatable bonds is 4. The largest absolute Gasteiger partial charge is 0.472 e. The minimum absolute atomic E-state index is 0.0362. The Labute approximate surface area is 146 Å². The third-order valence-corrected chi connectivity index (χ3v) is 5.02. The number of hydrogen-bond acceptors (Lipinski definition) is 6. The first kappa shape index (κ1) is 16.2. The third-order valence-electron chi connectivity index (χ3n) is 5.02. The number of ether oxygens (including phenoxy) is 1. The van der Waals surface area contributed by atoms with Crippen LogP contribution in [0.4, 0.5) is 5.82 Å². The second-order valence-electron chi connectivity index (χ2n) is 6.80. The van der Waals surface area contributed by atoms with Gasteiger partial charge in [-0.15, -0.1) is 0 Å². The first-order valence-corrected chi connectivity index (χ1v) is 8.70. The number of anilines is 1. The second kappa shape index (κ2) is 7.33. The highest BCUT2D eigenvalue weighted by molar-refractivity contribution is 5.91. The number of likely N-dealkylation sites (tertiary alicyclic amines) is 1. The summed E-state index contributed by atoms with van der Waals surface area (Å²) >= 11 is 0. The highest BCUT2D eigenvalue weighted by Gasteiger charge is 2.38. The fourth-order valence-electron chi connectivity index (χ4n) is 3.76. The maximum Gasteiger partial charge on any atom is 0.231 e. The van der Waals surface area contributed by atoms with Crippen LogP contribution in [0.15, 0.2) is 41.6 Å². The second-order valence-corrected chi connectivity index (χ2v) is 6.80. The lowest BCUT2D eigenvalue weighted by molar-refractivity contribution is -0.134. The van der Waals surface area contributed by atoms with Crippen molar-refractivity contribution in [1.29, 1.82) is 0 Å². The quantitative estimate of drug-likeness (QED) is 0.914. The van der Waals surface area contributed by atoms with Gasteiger partial charge in [0.05, 0.1) is 37.4 Å². The van der Waals surface area contributed by atoms with E-state index in [0.29, 0.717) is 18.3 Å². The molecular weight excluding hydrogens is 320 g/mol. The maximum atomic E-state index is 12.5. The van der Waals surface area contributed by atoms with Gasteiger partial charge in [-0.25, -0.2) is 4.98 Å². The van der Waals surface area contributed by atoms with Crippen molar-refractivity contribution in [3.63, 3.8) is 0 Å². The summed E-state index contributed by atoms with van der Waals surface area (Å²) in [6.07, 6.45) is 10.3. The zero-order valence-corrected chi connectivity index (χ0v) is 14.0. The number of piperidine rings is 1.